The number of carbonyl (C=O) groups excluding carboxylic acids is 2. The van der Waals surface area contributed by atoms with Crippen molar-refractivity contribution >= 4 is 38.9 Å². The topological polar surface area (TPSA) is 95.6 Å². The minimum absolute atomic E-state index is 0.137. The van der Waals surface area contributed by atoms with Gasteiger partial charge in [0.15, 0.2) is 0 Å². The molecule has 166 valence electrons. The third-order valence-corrected chi connectivity index (χ3v) is 7.67. The zero-order chi connectivity index (χ0) is 22.6. The molecule has 2 N–H and O–H groups in total. The van der Waals surface area contributed by atoms with Crippen LogP contribution in [0.5, 0.6) is 0 Å². The Bertz CT molecular complexity index is 1190. The number of nitrogens with one attached hydrogen (secondary N) is 2. The largest absolute Gasteiger partial charge is 0.339 e. The molecule has 0 spiro atoms. The summed E-state index contributed by atoms with van der Waals surface area (Å²) in [7, 11) is -3.58. The molecule has 2 aromatic carbocycles. The summed E-state index contributed by atoms with van der Waals surface area (Å²) in [6.07, 6.45) is 1.07. The van der Waals surface area contributed by atoms with Crippen molar-refractivity contribution in [1.82, 2.24) is 9.62 Å². The van der Waals surface area contributed by atoms with Crippen LogP contribution >= 0.6 is 11.3 Å². The van der Waals surface area contributed by atoms with Crippen molar-refractivity contribution in [3.05, 3.63) is 82.6 Å². The zero-order valence-corrected chi connectivity index (χ0v) is 18.9. The molecular weight excluding hydrogens is 446 g/mol. The molecule has 2 heterocycles. The van der Waals surface area contributed by atoms with Gasteiger partial charge in [-0.3, -0.25) is 9.59 Å². The summed E-state index contributed by atoms with van der Waals surface area (Å²) < 4.78 is 27.8. The van der Waals surface area contributed by atoms with Crippen LogP contribution in [0.1, 0.15) is 32.9 Å². The molecular formula is C23H23N3O4S2. The van der Waals surface area contributed by atoms with E-state index in [4.69, 9.17) is 0 Å². The number of sulfonamides is 1. The number of amides is 2. The summed E-state index contributed by atoms with van der Waals surface area (Å²) in [5.74, 6) is -0.349. The molecule has 0 atom stereocenters. The van der Waals surface area contributed by atoms with Crippen molar-refractivity contribution in [1.29, 1.82) is 0 Å². The zero-order valence-electron chi connectivity index (χ0n) is 17.2. The van der Waals surface area contributed by atoms with Gasteiger partial charge in [-0.2, -0.15) is 0 Å². The smallest absolute Gasteiger partial charge is 0.265 e. The normalized spacial score (nSPS) is 14.8. The highest BCUT2D eigenvalue weighted by Gasteiger charge is 2.27. The minimum Gasteiger partial charge on any atom is -0.339 e. The molecule has 1 aliphatic heterocycles. The SMILES string of the molecule is O=C(Nc1cccc(C(=O)N2CCC(NS(=O)(=O)c3ccccc3)CC2)c1)c1cccs1. The van der Waals surface area contributed by atoms with Crippen molar-refractivity contribution in [2.45, 2.75) is 23.8 Å². The van der Waals surface area contributed by atoms with Crippen LogP contribution in [0.4, 0.5) is 5.69 Å². The number of benzene rings is 2. The lowest BCUT2D eigenvalue weighted by Gasteiger charge is -2.32. The predicted octanol–water partition coefficient (Wildman–Crippen LogP) is 3.58. The van der Waals surface area contributed by atoms with Crippen LogP contribution in [0.2, 0.25) is 0 Å². The molecule has 1 fully saturated rings. The number of carbonyl (C=O) groups is 2. The van der Waals surface area contributed by atoms with Gasteiger partial charge in [0, 0.05) is 30.4 Å². The molecule has 3 aromatic rings. The van der Waals surface area contributed by atoms with Gasteiger partial charge in [-0.05, 0) is 54.6 Å². The Morgan fingerprint density at radius 1 is 0.938 bits per heavy atom. The maximum absolute atomic E-state index is 13.0. The number of anilines is 1. The van der Waals surface area contributed by atoms with Gasteiger partial charge >= 0.3 is 0 Å². The van der Waals surface area contributed by atoms with Crippen LogP contribution in [-0.2, 0) is 10.0 Å². The summed E-state index contributed by atoms with van der Waals surface area (Å²) in [5.41, 5.74) is 1.04. The van der Waals surface area contributed by atoms with Crippen molar-refractivity contribution in [2.24, 2.45) is 0 Å². The number of hydrogen-bond donors (Lipinski definition) is 2. The Hall–Kier alpha value is -3.01. The highest BCUT2D eigenvalue weighted by Crippen LogP contribution is 2.19. The van der Waals surface area contributed by atoms with Crippen molar-refractivity contribution < 1.29 is 18.0 Å². The first kappa shape index (κ1) is 22.2. The highest BCUT2D eigenvalue weighted by atomic mass is 32.2. The van der Waals surface area contributed by atoms with Gasteiger partial charge in [-0.25, -0.2) is 13.1 Å². The number of piperidine rings is 1. The molecule has 0 saturated carbocycles. The van der Waals surface area contributed by atoms with Crippen molar-refractivity contribution in [2.75, 3.05) is 18.4 Å². The molecule has 7 nitrogen and oxygen atoms in total. The molecule has 2 amide bonds. The lowest BCUT2D eigenvalue weighted by Crippen LogP contribution is -2.46. The lowest BCUT2D eigenvalue weighted by molar-refractivity contribution is 0.0711. The van der Waals surface area contributed by atoms with E-state index in [1.165, 1.54) is 11.3 Å². The van der Waals surface area contributed by atoms with E-state index < -0.39 is 10.0 Å². The lowest BCUT2D eigenvalue weighted by atomic mass is 10.0. The summed E-state index contributed by atoms with van der Waals surface area (Å²) in [4.78, 5) is 27.8. The third kappa shape index (κ3) is 5.24. The Kier molecular flexibility index (Phi) is 6.69. The quantitative estimate of drug-likeness (QED) is 0.577. The van der Waals surface area contributed by atoms with E-state index in [2.05, 4.69) is 10.0 Å². The summed E-state index contributed by atoms with van der Waals surface area (Å²) >= 11 is 1.35. The van der Waals surface area contributed by atoms with Crippen LogP contribution in [-0.4, -0.2) is 44.3 Å². The van der Waals surface area contributed by atoms with E-state index in [1.807, 2.05) is 11.4 Å². The van der Waals surface area contributed by atoms with Gasteiger partial charge < -0.3 is 10.2 Å². The van der Waals surface area contributed by atoms with E-state index in [1.54, 1.807) is 65.6 Å². The highest BCUT2D eigenvalue weighted by molar-refractivity contribution is 7.89. The molecule has 0 radical (unpaired) electrons. The Balaban J connectivity index is 1.35. The van der Waals surface area contributed by atoms with Gasteiger partial charge in [0.2, 0.25) is 10.0 Å². The first-order chi connectivity index (χ1) is 15.4. The Morgan fingerprint density at radius 3 is 2.38 bits per heavy atom. The first-order valence-corrected chi connectivity index (χ1v) is 12.6. The summed E-state index contributed by atoms with van der Waals surface area (Å²) in [6.45, 7) is 0.902. The van der Waals surface area contributed by atoms with E-state index in [-0.39, 0.29) is 22.8 Å². The van der Waals surface area contributed by atoms with E-state index in [9.17, 15) is 18.0 Å². The average Bonchev–Trinajstić information content (AvgIpc) is 3.35. The van der Waals surface area contributed by atoms with Crippen LogP contribution in [0, 0.1) is 0 Å². The second-order valence-corrected chi connectivity index (χ2v) is 10.2. The second-order valence-electron chi connectivity index (χ2n) is 7.51. The molecule has 4 rings (SSSR count). The monoisotopic (exact) mass is 469 g/mol. The van der Waals surface area contributed by atoms with Gasteiger partial charge in [0.1, 0.15) is 0 Å². The maximum Gasteiger partial charge on any atom is 0.265 e. The maximum atomic E-state index is 13.0. The van der Waals surface area contributed by atoms with Crippen LogP contribution in [0.15, 0.2) is 77.0 Å². The standard InChI is InChI=1S/C23H23N3O4S2/c27-22(21-10-5-15-31-21)24-19-7-4-6-17(16-19)23(28)26-13-11-18(12-14-26)25-32(29,30)20-8-2-1-3-9-20/h1-10,15-16,18,25H,11-14H2,(H,24,27). The van der Waals surface area contributed by atoms with Gasteiger partial charge in [-0.1, -0.05) is 30.3 Å². The Labute approximate surface area is 191 Å². The Morgan fingerprint density at radius 2 is 1.69 bits per heavy atom. The van der Waals surface area contributed by atoms with Crippen molar-refractivity contribution in [3.8, 4) is 0 Å². The fourth-order valence-electron chi connectivity index (χ4n) is 3.60. The molecule has 0 aliphatic carbocycles. The number of likely N-dealkylation sites (tertiary alicyclic amines) is 1. The molecule has 32 heavy (non-hydrogen) atoms. The van der Waals surface area contributed by atoms with E-state index in [0.717, 1.165) is 0 Å². The number of thiophene rings is 1. The third-order valence-electron chi connectivity index (χ3n) is 5.27. The predicted molar refractivity (Wildman–Crippen MR) is 124 cm³/mol. The molecule has 1 saturated heterocycles. The molecule has 0 bridgehead atoms. The summed E-state index contributed by atoms with van der Waals surface area (Å²) in [5, 5.41) is 4.65. The van der Waals surface area contributed by atoms with E-state index in [0.29, 0.717) is 42.1 Å². The molecule has 9 heteroatoms. The van der Waals surface area contributed by atoms with Gasteiger partial charge in [0.25, 0.3) is 11.8 Å². The minimum atomic E-state index is -3.58. The number of rotatable bonds is 6. The average molecular weight is 470 g/mol. The molecule has 1 aromatic heterocycles. The second kappa shape index (κ2) is 9.64. The van der Waals surface area contributed by atoms with Crippen molar-refractivity contribution in [3.63, 3.8) is 0 Å². The van der Waals surface area contributed by atoms with Gasteiger partial charge in [0.05, 0.1) is 9.77 Å². The van der Waals surface area contributed by atoms with Crippen LogP contribution in [0.3, 0.4) is 0 Å². The fourth-order valence-corrected chi connectivity index (χ4v) is 5.55. The first-order valence-electron chi connectivity index (χ1n) is 10.2. The summed E-state index contributed by atoms with van der Waals surface area (Å²) in [6, 6.07) is 18.5. The van der Waals surface area contributed by atoms with E-state index >= 15 is 0 Å². The number of hydrogen-bond acceptors (Lipinski definition) is 5. The van der Waals surface area contributed by atoms with Crippen LogP contribution in [0.25, 0.3) is 0 Å². The van der Waals surface area contributed by atoms with Crippen LogP contribution < -0.4 is 10.0 Å². The number of nitrogens with zero attached hydrogens (tertiary/aromatic N) is 1. The molecule has 0 unspecified atom stereocenters. The van der Waals surface area contributed by atoms with Gasteiger partial charge in [-0.15, -0.1) is 11.3 Å². The molecule has 1 aliphatic rings. The fraction of sp³-hybridized carbons (Fsp3) is 0.217.